The quantitative estimate of drug-likeness (QED) is 0.167. The van der Waals surface area contributed by atoms with Crippen LogP contribution in [0.15, 0.2) is 109 Å². The van der Waals surface area contributed by atoms with Gasteiger partial charge in [0, 0.05) is 33.9 Å². The molecule has 4 heterocycles. The molecule has 0 spiro atoms. The smallest absolute Gasteiger partial charge is 0.499 e. The van der Waals surface area contributed by atoms with Gasteiger partial charge in [0.15, 0.2) is 0 Å². The molecule has 8 aromatic rings. The summed E-state index contributed by atoms with van der Waals surface area (Å²) in [5, 5.41) is 5.16. The molecule has 0 radical (unpaired) electrons. The Labute approximate surface area is 290 Å². The van der Waals surface area contributed by atoms with Gasteiger partial charge in [-0.25, -0.2) is 0 Å². The molecule has 0 aliphatic carbocycles. The van der Waals surface area contributed by atoms with E-state index in [1.54, 1.807) is 0 Å². The van der Waals surface area contributed by atoms with Crippen molar-refractivity contribution in [3.05, 3.63) is 145 Å². The minimum atomic E-state index is 0. The van der Waals surface area contributed by atoms with E-state index in [4.69, 9.17) is 0 Å². The fourth-order valence-electron chi connectivity index (χ4n) is 6.75. The summed E-state index contributed by atoms with van der Waals surface area (Å²) < 4.78 is 2.43. The number of aryl methyl sites for hydroxylation is 3. The van der Waals surface area contributed by atoms with Gasteiger partial charge in [-0.2, -0.15) is 18.8 Å². The monoisotopic (exact) mass is 788 g/mol. The van der Waals surface area contributed by atoms with Crippen molar-refractivity contribution in [2.75, 3.05) is 9.80 Å². The van der Waals surface area contributed by atoms with Crippen molar-refractivity contribution in [1.82, 2.24) is 9.38 Å². The van der Waals surface area contributed by atoms with Crippen LogP contribution in [0.1, 0.15) is 30.5 Å². The molecule has 5 heteroatoms. The van der Waals surface area contributed by atoms with E-state index in [-0.39, 0.29) is 20.1 Å². The number of hydrogen-bond donors (Lipinski definition) is 0. The number of hydrogen-bond acceptors (Lipinski definition) is 3. The summed E-state index contributed by atoms with van der Waals surface area (Å²) in [6.07, 6.45) is 1.92. The number of nitrogens with zero attached hydrogens (tertiary/aromatic N) is 4. The van der Waals surface area contributed by atoms with E-state index in [2.05, 4.69) is 170 Å². The Balaban J connectivity index is 0.000000186. The van der Waals surface area contributed by atoms with Gasteiger partial charge in [-0.15, -0.1) is 41.5 Å². The minimum Gasteiger partial charge on any atom is -0.499 e. The molecule has 3 aromatic heterocycles. The third-order valence-corrected chi connectivity index (χ3v) is 9.23. The van der Waals surface area contributed by atoms with Crippen LogP contribution in [-0.4, -0.2) is 15.4 Å². The van der Waals surface area contributed by atoms with Crippen LogP contribution >= 0.6 is 0 Å². The Morgan fingerprint density at radius 2 is 1.47 bits per heavy atom. The molecule has 0 atom stereocenters. The van der Waals surface area contributed by atoms with Gasteiger partial charge in [0.25, 0.3) is 0 Å². The Hall–Kier alpha value is -4.70. The number of benzene rings is 5. The molecule has 0 saturated heterocycles. The molecule has 47 heavy (non-hydrogen) atoms. The molecule has 0 unspecified atom stereocenters. The third kappa shape index (κ3) is 5.06. The first-order valence-electron chi connectivity index (χ1n) is 15.9. The Kier molecular flexibility index (Phi) is 7.99. The van der Waals surface area contributed by atoms with Crippen LogP contribution in [-0.2, 0) is 20.1 Å². The van der Waals surface area contributed by atoms with Gasteiger partial charge >= 0.3 is 20.1 Å². The predicted octanol–water partition coefficient (Wildman–Crippen LogP) is 10.6. The van der Waals surface area contributed by atoms with Crippen molar-refractivity contribution in [2.45, 2.75) is 40.7 Å². The molecule has 0 N–H and O–H groups in total. The summed E-state index contributed by atoms with van der Waals surface area (Å²) in [6.45, 7) is 12.9. The van der Waals surface area contributed by atoms with E-state index in [1.807, 2.05) is 12.3 Å². The molecule has 0 bridgehead atoms. The van der Waals surface area contributed by atoms with Crippen LogP contribution in [0.3, 0.4) is 0 Å². The van der Waals surface area contributed by atoms with Crippen LogP contribution in [0.5, 0.6) is 0 Å². The van der Waals surface area contributed by atoms with Crippen molar-refractivity contribution in [3.8, 4) is 11.3 Å². The van der Waals surface area contributed by atoms with Crippen molar-refractivity contribution in [2.24, 2.45) is 0 Å². The first kappa shape index (κ1) is 30.9. The topological polar surface area (TPSA) is 23.8 Å². The minimum absolute atomic E-state index is 0. The van der Waals surface area contributed by atoms with Crippen LogP contribution in [0, 0.1) is 39.6 Å². The van der Waals surface area contributed by atoms with Gasteiger partial charge < -0.3 is 19.2 Å². The Bertz CT molecular complexity index is 2370. The number of aromatic nitrogens is 2. The zero-order valence-electron chi connectivity index (χ0n) is 27.2. The average molecular weight is 788 g/mol. The fourth-order valence-corrected chi connectivity index (χ4v) is 6.75. The summed E-state index contributed by atoms with van der Waals surface area (Å²) in [6, 6.07) is 43.7. The maximum atomic E-state index is 4.41. The summed E-state index contributed by atoms with van der Waals surface area (Å²) in [5.41, 5.74) is 13.1. The second kappa shape index (κ2) is 12.1. The van der Waals surface area contributed by atoms with E-state index in [1.165, 1.54) is 66.2 Å². The van der Waals surface area contributed by atoms with Crippen molar-refractivity contribution < 1.29 is 20.1 Å². The molecule has 0 fully saturated rings. The molecule has 0 saturated carbocycles. The standard InChI is InChI=1S/C28H21N3.C14H14N.Ir/c1-18(2)29-17-30(24-14-6-5-13-23(24)29)25-15-8-16-26-27(25)21-11-7-10-20-19-9-3-4-12-22(19)31(26)28(20)21;1-10-4-6-13(7-5-10)14-8-11(2)12(3)9-15-14;/h3-14,16-18H,1-2H3;4-6,8-9H,1-3H3;/q-2;-1;+3. The molecule has 1 aliphatic rings. The van der Waals surface area contributed by atoms with Crippen LogP contribution in [0.25, 0.3) is 49.4 Å². The van der Waals surface area contributed by atoms with Crippen molar-refractivity contribution in [1.29, 1.82) is 0 Å². The van der Waals surface area contributed by atoms with Gasteiger partial charge in [-0.1, -0.05) is 83.7 Å². The zero-order chi connectivity index (χ0) is 31.5. The van der Waals surface area contributed by atoms with Gasteiger partial charge in [0.05, 0.1) is 5.52 Å². The largest absolute Gasteiger partial charge is 3.00 e. The van der Waals surface area contributed by atoms with Gasteiger partial charge in [-0.3, -0.25) is 0 Å². The summed E-state index contributed by atoms with van der Waals surface area (Å²) in [7, 11) is 0. The second-order valence-electron chi connectivity index (χ2n) is 12.5. The van der Waals surface area contributed by atoms with Crippen LogP contribution in [0.4, 0.5) is 17.1 Å². The van der Waals surface area contributed by atoms with E-state index in [0.29, 0.717) is 6.04 Å². The SMILES string of the molecule is CC(C)N1[CH-]N(c2[c-]ccc3c2c2cccc4c5ccccc5n3c42)c2ccccc21.Cc1c[c-]c(-c2cc(C)c(C)cn2)cc1.[Ir+3]. The van der Waals surface area contributed by atoms with E-state index in [0.717, 1.165) is 16.9 Å². The number of fused-ring (bicyclic) bond motifs is 7. The Morgan fingerprint density at radius 1 is 0.723 bits per heavy atom. The second-order valence-corrected chi connectivity index (χ2v) is 12.5. The maximum Gasteiger partial charge on any atom is 3.00 e. The molecule has 5 aromatic carbocycles. The van der Waals surface area contributed by atoms with E-state index < -0.39 is 0 Å². The van der Waals surface area contributed by atoms with Gasteiger partial charge in [-0.05, 0) is 68.6 Å². The molecule has 232 valence electrons. The molecule has 1 aliphatic heterocycles. The van der Waals surface area contributed by atoms with Crippen molar-refractivity contribution in [3.63, 3.8) is 0 Å². The zero-order valence-corrected chi connectivity index (χ0v) is 29.6. The van der Waals surface area contributed by atoms with E-state index in [9.17, 15) is 0 Å². The first-order chi connectivity index (χ1) is 22.4. The number of para-hydroxylation sites is 4. The predicted molar refractivity (Wildman–Crippen MR) is 193 cm³/mol. The van der Waals surface area contributed by atoms with E-state index >= 15 is 0 Å². The van der Waals surface area contributed by atoms with Gasteiger partial charge in [0.1, 0.15) is 0 Å². The van der Waals surface area contributed by atoms with Crippen LogP contribution < -0.4 is 9.80 Å². The number of pyridine rings is 1. The molecule has 0 amide bonds. The van der Waals surface area contributed by atoms with Crippen molar-refractivity contribution >= 4 is 55.2 Å². The molecule has 9 rings (SSSR count). The first-order valence-corrected chi connectivity index (χ1v) is 15.9. The normalized spacial score (nSPS) is 12.6. The average Bonchev–Trinajstić information content (AvgIpc) is 3.74. The third-order valence-electron chi connectivity index (χ3n) is 9.23. The summed E-state index contributed by atoms with van der Waals surface area (Å²) >= 11 is 0. The van der Waals surface area contributed by atoms with Crippen LogP contribution in [0.2, 0.25) is 0 Å². The van der Waals surface area contributed by atoms with Gasteiger partial charge in [0.2, 0.25) is 0 Å². The maximum absolute atomic E-state index is 4.41. The molecular formula is C42H35IrN4. The number of anilines is 3. The molecular weight excluding hydrogens is 753 g/mol. The molecule has 4 nitrogen and oxygen atoms in total. The summed E-state index contributed by atoms with van der Waals surface area (Å²) in [4.78, 5) is 9.06. The number of rotatable bonds is 3. The Morgan fingerprint density at radius 3 is 2.23 bits per heavy atom. The summed E-state index contributed by atoms with van der Waals surface area (Å²) in [5.74, 6) is 0. The fraction of sp³-hybridized carbons (Fsp3) is 0.143.